The lowest BCUT2D eigenvalue weighted by atomic mass is 10.0. The first kappa shape index (κ1) is 12.5. The standard InChI is InChI=1S/C17H11ClO3/c18-16-8-7-15(21-16)17(19)10-5-6-14-12(9-10)11-3-1-2-4-13(11)20-14/h1-9,17,19H. The SMILES string of the molecule is OC(c1ccc2oc3ccccc3c2c1)c1ccc(Cl)o1. The summed E-state index contributed by atoms with van der Waals surface area (Å²) in [5.41, 5.74) is 2.37. The van der Waals surface area contributed by atoms with Crippen LogP contribution in [0, 0.1) is 0 Å². The van der Waals surface area contributed by atoms with Crippen LogP contribution < -0.4 is 0 Å². The Morgan fingerprint density at radius 1 is 0.857 bits per heavy atom. The van der Waals surface area contributed by atoms with E-state index in [9.17, 15) is 5.11 Å². The largest absolute Gasteiger partial charge is 0.456 e. The Labute approximate surface area is 125 Å². The number of hydrogen-bond donors (Lipinski definition) is 1. The Morgan fingerprint density at radius 3 is 2.48 bits per heavy atom. The summed E-state index contributed by atoms with van der Waals surface area (Å²) < 4.78 is 11.0. The van der Waals surface area contributed by atoms with Crippen LogP contribution in [0.4, 0.5) is 0 Å². The van der Waals surface area contributed by atoms with Crippen LogP contribution in [0.25, 0.3) is 21.9 Å². The van der Waals surface area contributed by atoms with Crippen LogP contribution in [0.5, 0.6) is 0 Å². The molecule has 0 spiro atoms. The molecule has 0 fully saturated rings. The molecule has 2 aromatic carbocycles. The molecule has 0 amide bonds. The molecule has 104 valence electrons. The summed E-state index contributed by atoms with van der Waals surface area (Å²) in [4.78, 5) is 0. The number of para-hydroxylation sites is 1. The van der Waals surface area contributed by atoms with E-state index in [0.717, 1.165) is 27.5 Å². The third kappa shape index (κ3) is 2.02. The van der Waals surface area contributed by atoms with Crippen molar-refractivity contribution in [2.45, 2.75) is 6.10 Å². The van der Waals surface area contributed by atoms with E-state index in [2.05, 4.69) is 0 Å². The topological polar surface area (TPSA) is 46.5 Å². The van der Waals surface area contributed by atoms with Gasteiger partial charge in [-0.2, -0.15) is 0 Å². The molecule has 3 nitrogen and oxygen atoms in total. The molecule has 4 rings (SSSR count). The average Bonchev–Trinajstić information content (AvgIpc) is 3.09. The normalized spacial score (nSPS) is 13.0. The van der Waals surface area contributed by atoms with Gasteiger partial charge in [-0.15, -0.1) is 0 Å². The first-order valence-electron chi connectivity index (χ1n) is 6.57. The van der Waals surface area contributed by atoms with Crippen LogP contribution in [0.2, 0.25) is 5.22 Å². The second-order valence-corrected chi connectivity index (χ2v) is 5.27. The van der Waals surface area contributed by atoms with Crippen LogP contribution in [-0.4, -0.2) is 5.11 Å². The summed E-state index contributed by atoms with van der Waals surface area (Å²) in [7, 11) is 0. The number of rotatable bonds is 2. The fourth-order valence-corrected chi connectivity index (χ4v) is 2.71. The van der Waals surface area contributed by atoms with Crippen LogP contribution >= 0.6 is 11.6 Å². The lowest BCUT2D eigenvalue weighted by Gasteiger charge is -2.07. The van der Waals surface area contributed by atoms with E-state index >= 15 is 0 Å². The Hall–Kier alpha value is -2.23. The van der Waals surface area contributed by atoms with Gasteiger partial charge in [-0.1, -0.05) is 24.3 Å². The highest BCUT2D eigenvalue weighted by Crippen LogP contribution is 2.32. The predicted octanol–water partition coefficient (Wildman–Crippen LogP) is 4.91. The quantitative estimate of drug-likeness (QED) is 0.571. The first-order valence-corrected chi connectivity index (χ1v) is 6.95. The minimum Gasteiger partial charge on any atom is -0.456 e. The molecule has 0 aliphatic rings. The number of furan rings is 2. The highest BCUT2D eigenvalue weighted by atomic mass is 35.5. The highest BCUT2D eigenvalue weighted by molar-refractivity contribution is 6.28. The van der Waals surface area contributed by atoms with Crippen molar-refractivity contribution in [1.82, 2.24) is 0 Å². The molecule has 0 saturated carbocycles. The minimum absolute atomic E-state index is 0.263. The Bertz CT molecular complexity index is 935. The van der Waals surface area contributed by atoms with E-state index in [4.69, 9.17) is 20.4 Å². The molecule has 1 unspecified atom stereocenters. The van der Waals surface area contributed by atoms with Gasteiger partial charge in [0.2, 0.25) is 0 Å². The monoisotopic (exact) mass is 298 g/mol. The second kappa shape index (κ2) is 4.65. The van der Waals surface area contributed by atoms with E-state index in [-0.39, 0.29) is 5.22 Å². The van der Waals surface area contributed by atoms with E-state index in [1.54, 1.807) is 12.1 Å². The van der Waals surface area contributed by atoms with Gasteiger partial charge in [-0.25, -0.2) is 0 Å². The molecular formula is C17H11ClO3. The maximum Gasteiger partial charge on any atom is 0.193 e. The van der Waals surface area contributed by atoms with Gasteiger partial charge in [0.1, 0.15) is 23.0 Å². The predicted molar refractivity (Wildman–Crippen MR) is 81.5 cm³/mol. The fourth-order valence-electron chi connectivity index (χ4n) is 2.55. The number of aliphatic hydroxyl groups is 1. The maximum atomic E-state index is 10.4. The smallest absolute Gasteiger partial charge is 0.193 e. The van der Waals surface area contributed by atoms with Gasteiger partial charge in [0.25, 0.3) is 0 Å². The van der Waals surface area contributed by atoms with Crippen LogP contribution in [0.3, 0.4) is 0 Å². The number of aliphatic hydroxyl groups excluding tert-OH is 1. The van der Waals surface area contributed by atoms with Gasteiger partial charge < -0.3 is 13.9 Å². The van der Waals surface area contributed by atoms with E-state index in [1.807, 2.05) is 42.5 Å². The molecule has 4 heteroatoms. The molecule has 0 bridgehead atoms. The van der Waals surface area contributed by atoms with E-state index in [0.29, 0.717) is 5.76 Å². The average molecular weight is 299 g/mol. The molecule has 0 saturated heterocycles. The second-order valence-electron chi connectivity index (χ2n) is 4.90. The lowest BCUT2D eigenvalue weighted by Crippen LogP contribution is -1.97. The Balaban J connectivity index is 1.88. The first-order chi connectivity index (χ1) is 10.2. The Kier molecular flexibility index (Phi) is 2.77. The third-order valence-electron chi connectivity index (χ3n) is 3.58. The molecule has 21 heavy (non-hydrogen) atoms. The van der Waals surface area contributed by atoms with E-state index in [1.165, 1.54) is 0 Å². The van der Waals surface area contributed by atoms with Crippen molar-refractivity contribution in [3.05, 3.63) is 71.1 Å². The maximum absolute atomic E-state index is 10.4. The van der Waals surface area contributed by atoms with Crippen LogP contribution in [-0.2, 0) is 0 Å². The Morgan fingerprint density at radius 2 is 1.67 bits per heavy atom. The minimum atomic E-state index is -0.851. The fraction of sp³-hybridized carbons (Fsp3) is 0.0588. The van der Waals surface area contributed by atoms with Crippen molar-refractivity contribution in [3.63, 3.8) is 0 Å². The zero-order valence-corrected chi connectivity index (χ0v) is 11.7. The molecule has 0 aliphatic carbocycles. The molecule has 0 radical (unpaired) electrons. The third-order valence-corrected chi connectivity index (χ3v) is 3.78. The van der Waals surface area contributed by atoms with Crippen LogP contribution in [0.1, 0.15) is 17.4 Å². The van der Waals surface area contributed by atoms with Gasteiger partial charge in [0.15, 0.2) is 5.22 Å². The summed E-state index contributed by atoms with van der Waals surface area (Å²) >= 11 is 5.75. The summed E-state index contributed by atoms with van der Waals surface area (Å²) in [6.07, 6.45) is -0.851. The molecule has 1 atom stereocenters. The van der Waals surface area contributed by atoms with Crippen molar-refractivity contribution < 1.29 is 13.9 Å². The van der Waals surface area contributed by atoms with Crippen LogP contribution in [0.15, 0.2) is 63.4 Å². The summed E-state index contributed by atoms with van der Waals surface area (Å²) in [6, 6.07) is 16.7. The highest BCUT2D eigenvalue weighted by Gasteiger charge is 2.16. The summed E-state index contributed by atoms with van der Waals surface area (Å²) in [5, 5.41) is 12.7. The lowest BCUT2D eigenvalue weighted by molar-refractivity contribution is 0.189. The van der Waals surface area contributed by atoms with Crippen molar-refractivity contribution in [1.29, 1.82) is 0 Å². The number of hydrogen-bond acceptors (Lipinski definition) is 3. The summed E-state index contributed by atoms with van der Waals surface area (Å²) in [5.74, 6) is 0.423. The van der Waals surface area contributed by atoms with Crippen molar-refractivity contribution >= 4 is 33.5 Å². The van der Waals surface area contributed by atoms with Crippen molar-refractivity contribution in [2.75, 3.05) is 0 Å². The molecule has 2 heterocycles. The molecule has 4 aromatic rings. The molecular weight excluding hydrogens is 288 g/mol. The number of benzene rings is 2. The number of fused-ring (bicyclic) bond motifs is 3. The van der Waals surface area contributed by atoms with Gasteiger partial charge in [0.05, 0.1) is 0 Å². The van der Waals surface area contributed by atoms with E-state index < -0.39 is 6.10 Å². The molecule has 2 aromatic heterocycles. The number of halogens is 1. The zero-order valence-electron chi connectivity index (χ0n) is 10.9. The van der Waals surface area contributed by atoms with Gasteiger partial charge in [-0.3, -0.25) is 0 Å². The molecule has 0 aliphatic heterocycles. The van der Waals surface area contributed by atoms with Gasteiger partial charge in [-0.05, 0) is 47.5 Å². The van der Waals surface area contributed by atoms with Crippen molar-refractivity contribution in [2.24, 2.45) is 0 Å². The van der Waals surface area contributed by atoms with Crippen molar-refractivity contribution in [3.8, 4) is 0 Å². The summed E-state index contributed by atoms with van der Waals surface area (Å²) in [6.45, 7) is 0. The van der Waals surface area contributed by atoms with Gasteiger partial charge in [0, 0.05) is 10.8 Å². The molecule has 1 N–H and O–H groups in total. The zero-order chi connectivity index (χ0) is 14.4. The van der Waals surface area contributed by atoms with Gasteiger partial charge >= 0.3 is 0 Å².